The summed E-state index contributed by atoms with van der Waals surface area (Å²) in [5.41, 5.74) is 1.89. The second kappa shape index (κ2) is 10.4. The highest BCUT2D eigenvalue weighted by Gasteiger charge is 2.31. The van der Waals surface area contributed by atoms with Gasteiger partial charge in [0.1, 0.15) is 12.4 Å². The Balaban J connectivity index is 1.22. The summed E-state index contributed by atoms with van der Waals surface area (Å²) in [5.74, 6) is 0.588. The zero-order valence-corrected chi connectivity index (χ0v) is 19.7. The topological polar surface area (TPSA) is 75.7 Å². The molecule has 174 valence electrons. The van der Waals surface area contributed by atoms with Crippen molar-refractivity contribution >= 4 is 26.7 Å². The molecule has 6 nitrogen and oxygen atoms in total. The zero-order valence-electron chi connectivity index (χ0n) is 18.9. The van der Waals surface area contributed by atoms with Gasteiger partial charge in [-0.2, -0.15) is 0 Å². The minimum atomic E-state index is -3.39. The van der Waals surface area contributed by atoms with Gasteiger partial charge < -0.3 is 10.1 Å². The number of nitrogens with one attached hydrogen (secondary N) is 1. The number of nitrogens with zero attached hydrogens (tertiary/aromatic N) is 1. The third kappa shape index (κ3) is 5.92. The summed E-state index contributed by atoms with van der Waals surface area (Å²) >= 11 is 0. The summed E-state index contributed by atoms with van der Waals surface area (Å²) in [7, 11) is -3.39. The van der Waals surface area contributed by atoms with Crippen LogP contribution >= 0.6 is 0 Å². The van der Waals surface area contributed by atoms with Gasteiger partial charge in [-0.1, -0.05) is 66.2 Å². The fourth-order valence-electron chi connectivity index (χ4n) is 4.18. The van der Waals surface area contributed by atoms with Crippen LogP contribution in [0.15, 0.2) is 66.7 Å². The zero-order chi connectivity index (χ0) is 23.3. The van der Waals surface area contributed by atoms with Gasteiger partial charge >= 0.3 is 0 Å². The van der Waals surface area contributed by atoms with Crippen LogP contribution in [-0.2, 0) is 20.6 Å². The lowest BCUT2D eigenvalue weighted by Crippen LogP contribution is -2.43. The summed E-state index contributed by atoms with van der Waals surface area (Å²) in [6.07, 6.45) is 1.06. The molecular weight excluding hydrogens is 436 g/mol. The predicted octanol–water partition coefficient (Wildman–Crippen LogP) is 3.89. The number of carbonyl (C=O) groups excluding carboxylic acids is 1. The van der Waals surface area contributed by atoms with Gasteiger partial charge in [-0.05, 0) is 36.8 Å². The molecular formula is C26H30N2O4S. The molecule has 1 aliphatic heterocycles. The van der Waals surface area contributed by atoms with Crippen LogP contribution in [-0.4, -0.2) is 44.9 Å². The van der Waals surface area contributed by atoms with E-state index in [1.807, 2.05) is 73.7 Å². The van der Waals surface area contributed by atoms with E-state index in [0.717, 1.165) is 27.6 Å². The Morgan fingerprint density at radius 2 is 1.70 bits per heavy atom. The molecule has 0 saturated carbocycles. The van der Waals surface area contributed by atoms with E-state index in [1.54, 1.807) is 0 Å². The van der Waals surface area contributed by atoms with Crippen LogP contribution in [0.25, 0.3) is 10.8 Å². The number of hydrogen-bond acceptors (Lipinski definition) is 4. The van der Waals surface area contributed by atoms with Crippen molar-refractivity contribution in [3.63, 3.8) is 0 Å². The Morgan fingerprint density at radius 1 is 1.00 bits per heavy atom. The SMILES string of the molecule is Cc1ccc(CS(=O)(=O)N2CCC(C(=O)NCCOc3cccc4ccccc34)CC2)cc1. The Morgan fingerprint density at radius 3 is 2.45 bits per heavy atom. The Labute approximate surface area is 195 Å². The lowest BCUT2D eigenvalue weighted by atomic mass is 9.97. The summed E-state index contributed by atoms with van der Waals surface area (Å²) in [4.78, 5) is 12.6. The number of piperidine rings is 1. The average Bonchev–Trinajstić information content (AvgIpc) is 2.83. The Kier molecular flexibility index (Phi) is 7.30. The van der Waals surface area contributed by atoms with Crippen molar-refractivity contribution in [2.75, 3.05) is 26.2 Å². The second-order valence-corrected chi connectivity index (χ2v) is 10.5. The van der Waals surface area contributed by atoms with Crippen molar-refractivity contribution in [1.82, 2.24) is 9.62 Å². The monoisotopic (exact) mass is 466 g/mol. The highest BCUT2D eigenvalue weighted by Crippen LogP contribution is 2.25. The molecule has 0 aliphatic carbocycles. The molecule has 4 rings (SSSR count). The molecule has 1 fully saturated rings. The molecule has 33 heavy (non-hydrogen) atoms. The third-order valence-electron chi connectivity index (χ3n) is 6.10. The van der Waals surface area contributed by atoms with Crippen molar-refractivity contribution in [1.29, 1.82) is 0 Å². The molecule has 1 amide bonds. The van der Waals surface area contributed by atoms with Crippen molar-refractivity contribution in [3.05, 3.63) is 77.9 Å². The van der Waals surface area contributed by atoms with Crippen molar-refractivity contribution in [2.45, 2.75) is 25.5 Å². The normalized spacial score (nSPS) is 15.4. The van der Waals surface area contributed by atoms with Crippen LogP contribution < -0.4 is 10.1 Å². The van der Waals surface area contributed by atoms with Crippen LogP contribution in [0.4, 0.5) is 0 Å². The lowest BCUT2D eigenvalue weighted by molar-refractivity contribution is -0.126. The number of ether oxygens (including phenoxy) is 1. The van der Waals surface area contributed by atoms with Gasteiger partial charge in [0.25, 0.3) is 0 Å². The molecule has 3 aromatic carbocycles. The molecule has 1 N–H and O–H groups in total. The lowest BCUT2D eigenvalue weighted by Gasteiger charge is -2.30. The van der Waals surface area contributed by atoms with Crippen LogP contribution in [0.1, 0.15) is 24.0 Å². The molecule has 0 bridgehead atoms. The number of rotatable bonds is 8. The minimum absolute atomic E-state index is 0.00432. The van der Waals surface area contributed by atoms with E-state index in [-0.39, 0.29) is 17.6 Å². The van der Waals surface area contributed by atoms with Gasteiger partial charge in [0.2, 0.25) is 15.9 Å². The summed E-state index contributed by atoms with van der Waals surface area (Å²) in [5, 5.41) is 5.10. The number of aryl methyl sites for hydroxylation is 1. The maximum atomic E-state index is 12.8. The molecule has 1 saturated heterocycles. The van der Waals surface area contributed by atoms with Gasteiger partial charge in [-0.15, -0.1) is 0 Å². The number of carbonyl (C=O) groups is 1. The molecule has 0 atom stereocenters. The first kappa shape index (κ1) is 23.3. The predicted molar refractivity (Wildman–Crippen MR) is 131 cm³/mol. The van der Waals surface area contributed by atoms with E-state index < -0.39 is 10.0 Å². The molecule has 0 aromatic heterocycles. The molecule has 0 radical (unpaired) electrons. The number of benzene rings is 3. The first-order chi connectivity index (χ1) is 15.9. The first-order valence-corrected chi connectivity index (χ1v) is 12.9. The number of hydrogen-bond donors (Lipinski definition) is 1. The van der Waals surface area contributed by atoms with E-state index in [2.05, 4.69) is 5.32 Å². The van der Waals surface area contributed by atoms with E-state index in [1.165, 1.54) is 4.31 Å². The molecule has 0 spiro atoms. The number of sulfonamides is 1. The first-order valence-electron chi connectivity index (χ1n) is 11.3. The summed E-state index contributed by atoms with van der Waals surface area (Å²) in [6.45, 7) is 3.51. The van der Waals surface area contributed by atoms with Gasteiger partial charge in [-0.3, -0.25) is 4.79 Å². The molecule has 0 unspecified atom stereocenters. The largest absolute Gasteiger partial charge is 0.491 e. The second-order valence-electron chi connectivity index (χ2n) is 8.53. The minimum Gasteiger partial charge on any atom is -0.491 e. The van der Waals surface area contributed by atoms with Gasteiger partial charge in [0.05, 0.1) is 12.3 Å². The molecule has 3 aromatic rings. The number of amides is 1. The van der Waals surface area contributed by atoms with Crippen molar-refractivity contribution < 1.29 is 17.9 Å². The Hall–Kier alpha value is -2.90. The smallest absolute Gasteiger partial charge is 0.223 e. The van der Waals surface area contributed by atoms with E-state index in [0.29, 0.717) is 39.1 Å². The fraction of sp³-hybridized carbons (Fsp3) is 0.346. The quantitative estimate of drug-likeness (QED) is 0.511. The van der Waals surface area contributed by atoms with Gasteiger partial charge in [0, 0.05) is 24.4 Å². The molecule has 1 aliphatic rings. The molecule has 1 heterocycles. The maximum absolute atomic E-state index is 12.8. The highest BCUT2D eigenvalue weighted by atomic mass is 32.2. The van der Waals surface area contributed by atoms with Gasteiger partial charge in [-0.25, -0.2) is 12.7 Å². The highest BCUT2D eigenvalue weighted by molar-refractivity contribution is 7.88. The molecule has 7 heteroatoms. The summed E-state index contributed by atoms with van der Waals surface area (Å²) in [6, 6.07) is 21.5. The van der Waals surface area contributed by atoms with Crippen LogP contribution in [0.3, 0.4) is 0 Å². The van der Waals surface area contributed by atoms with E-state index in [9.17, 15) is 13.2 Å². The van der Waals surface area contributed by atoms with E-state index in [4.69, 9.17) is 4.74 Å². The van der Waals surface area contributed by atoms with Gasteiger partial charge in [0.15, 0.2) is 0 Å². The average molecular weight is 467 g/mol. The maximum Gasteiger partial charge on any atom is 0.223 e. The standard InChI is InChI=1S/C26H30N2O4S/c1-20-9-11-21(12-10-20)19-33(30,31)28-16-13-23(14-17-28)26(29)27-15-18-32-25-8-4-6-22-5-2-3-7-24(22)25/h2-12,23H,13-19H2,1H3,(H,27,29). The van der Waals surface area contributed by atoms with E-state index >= 15 is 0 Å². The number of fused-ring (bicyclic) bond motifs is 1. The third-order valence-corrected chi connectivity index (χ3v) is 7.95. The fourth-order valence-corrected chi connectivity index (χ4v) is 5.75. The van der Waals surface area contributed by atoms with Crippen LogP contribution in [0.2, 0.25) is 0 Å². The Bertz CT molecular complexity index is 1200. The van der Waals surface area contributed by atoms with Crippen molar-refractivity contribution in [2.24, 2.45) is 5.92 Å². The van der Waals surface area contributed by atoms with Crippen LogP contribution in [0, 0.1) is 12.8 Å². The summed E-state index contributed by atoms with van der Waals surface area (Å²) < 4.78 is 32.9. The van der Waals surface area contributed by atoms with Crippen molar-refractivity contribution in [3.8, 4) is 5.75 Å². The van der Waals surface area contributed by atoms with Crippen LogP contribution in [0.5, 0.6) is 5.75 Å².